The van der Waals surface area contributed by atoms with Crippen LogP contribution < -0.4 is 9.64 Å². The van der Waals surface area contributed by atoms with E-state index in [1.807, 2.05) is 36.4 Å². The van der Waals surface area contributed by atoms with Crippen LogP contribution in [-0.4, -0.2) is 11.1 Å². The lowest BCUT2D eigenvalue weighted by molar-refractivity contribution is -0.113. The molecule has 30 heavy (non-hydrogen) atoms. The van der Waals surface area contributed by atoms with Gasteiger partial charge in [-0.25, -0.2) is 4.90 Å². The van der Waals surface area contributed by atoms with Crippen molar-refractivity contribution in [3.63, 3.8) is 0 Å². The van der Waals surface area contributed by atoms with Gasteiger partial charge in [-0.05, 0) is 59.8 Å². The number of hydrogen-bond donors (Lipinski definition) is 0. The molecule has 0 unspecified atom stereocenters. The van der Waals surface area contributed by atoms with Gasteiger partial charge in [-0.1, -0.05) is 59.6 Å². The van der Waals surface area contributed by atoms with E-state index >= 15 is 0 Å². The Bertz CT molecular complexity index is 1150. The molecule has 4 rings (SSSR count). The maximum Gasteiger partial charge on any atom is 0.298 e. The lowest BCUT2D eigenvalue weighted by atomic mass is 10.1. The van der Waals surface area contributed by atoms with Gasteiger partial charge in [0.1, 0.15) is 12.4 Å². The van der Waals surface area contributed by atoms with Gasteiger partial charge in [-0.3, -0.25) is 9.59 Å². The minimum absolute atomic E-state index is 0.322. The number of anilines is 1. The number of nitrogens with zero attached hydrogens (tertiary/aromatic N) is 1. The van der Waals surface area contributed by atoms with Crippen LogP contribution in [0.3, 0.4) is 0 Å². The van der Waals surface area contributed by atoms with Crippen LogP contribution in [0.15, 0.2) is 77.7 Å². The van der Waals surface area contributed by atoms with Crippen molar-refractivity contribution in [2.24, 2.45) is 0 Å². The Morgan fingerprint density at radius 2 is 1.67 bits per heavy atom. The van der Waals surface area contributed by atoms with E-state index in [0.29, 0.717) is 38.6 Å². The van der Waals surface area contributed by atoms with Gasteiger partial charge in [-0.2, -0.15) is 0 Å². The molecule has 1 fully saturated rings. The lowest BCUT2D eigenvalue weighted by Crippen LogP contribution is -2.27. The number of para-hydroxylation sites is 1. The SMILES string of the molecule is O=C1S/C(=C\c2ccccc2OCc2ccc(Cl)cc2)C(=O)N1c1cccc(Cl)c1. The largest absolute Gasteiger partial charge is 0.488 e. The number of hydrogen-bond acceptors (Lipinski definition) is 4. The Morgan fingerprint density at radius 1 is 0.900 bits per heavy atom. The van der Waals surface area contributed by atoms with Crippen molar-refractivity contribution in [3.8, 4) is 5.75 Å². The second-order valence-corrected chi connectivity index (χ2v) is 8.32. The predicted octanol–water partition coefficient (Wildman–Crippen LogP) is 6.81. The molecule has 1 aliphatic heterocycles. The molecule has 3 aromatic carbocycles. The molecule has 2 amide bonds. The standard InChI is InChI=1S/C23H15Cl2NO3S/c24-17-10-8-15(9-11-17)14-29-20-7-2-1-4-16(20)12-21-22(27)26(23(28)30-21)19-6-3-5-18(25)13-19/h1-13H,14H2/b21-12-. The van der Waals surface area contributed by atoms with Gasteiger partial charge >= 0.3 is 0 Å². The Hall–Kier alpha value is -2.73. The van der Waals surface area contributed by atoms with E-state index in [0.717, 1.165) is 22.2 Å². The van der Waals surface area contributed by atoms with E-state index in [-0.39, 0.29) is 11.1 Å². The topological polar surface area (TPSA) is 46.6 Å². The summed E-state index contributed by atoms with van der Waals surface area (Å²) in [5, 5.41) is 0.749. The van der Waals surface area contributed by atoms with E-state index in [1.165, 1.54) is 0 Å². The van der Waals surface area contributed by atoms with Crippen LogP contribution in [0.4, 0.5) is 10.5 Å². The highest BCUT2D eigenvalue weighted by molar-refractivity contribution is 8.19. The fourth-order valence-corrected chi connectivity index (χ4v) is 4.06. The molecule has 0 spiro atoms. The number of ether oxygens (including phenoxy) is 1. The zero-order valence-corrected chi connectivity index (χ0v) is 17.9. The highest BCUT2D eigenvalue weighted by Gasteiger charge is 2.36. The minimum Gasteiger partial charge on any atom is -0.488 e. The van der Waals surface area contributed by atoms with Crippen LogP contribution in [-0.2, 0) is 11.4 Å². The molecule has 1 saturated heterocycles. The monoisotopic (exact) mass is 455 g/mol. The Kier molecular flexibility index (Phi) is 6.13. The molecule has 3 aromatic rings. The number of benzene rings is 3. The average Bonchev–Trinajstić information content (AvgIpc) is 3.01. The molecular formula is C23H15Cl2NO3S. The van der Waals surface area contributed by atoms with Crippen molar-refractivity contribution in [3.05, 3.63) is 98.9 Å². The molecule has 150 valence electrons. The summed E-state index contributed by atoms with van der Waals surface area (Å²) in [6.07, 6.45) is 1.67. The molecule has 0 radical (unpaired) electrons. The second kappa shape index (κ2) is 8.96. The maximum atomic E-state index is 12.9. The summed E-state index contributed by atoms with van der Waals surface area (Å²) in [6, 6.07) is 21.4. The van der Waals surface area contributed by atoms with Gasteiger partial charge < -0.3 is 4.74 Å². The third-order valence-corrected chi connectivity index (χ3v) is 5.73. The number of halogens is 2. The van der Waals surface area contributed by atoms with E-state index in [1.54, 1.807) is 42.5 Å². The van der Waals surface area contributed by atoms with Gasteiger partial charge in [-0.15, -0.1) is 0 Å². The Balaban J connectivity index is 1.57. The highest BCUT2D eigenvalue weighted by Crippen LogP contribution is 2.37. The summed E-state index contributed by atoms with van der Waals surface area (Å²) in [6.45, 7) is 0.353. The van der Waals surface area contributed by atoms with E-state index in [2.05, 4.69) is 0 Å². The molecule has 0 aliphatic carbocycles. The fourth-order valence-electron chi connectivity index (χ4n) is 2.92. The van der Waals surface area contributed by atoms with Crippen molar-refractivity contribution >= 4 is 57.9 Å². The van der Waals surface area contributed by atoms with Gasteiger partial charge in [0.25, 0.3) is 11.1 Å². The minimum atomic E-state index is -0.389. The van der Waals surface area contributed by atoms with Crippen molar-refractivity contribution in [1.29, 1.82) is 0 Å². The predicted molar refractivity (Wildman–Crippen MR) is 122 cm³/mol. The van der Waals surface area contributed by atoms with Crippen molar-refractivity contribution in [2.75, 3.05) is 4.90 Å². The number of carbonyl (C=O) groups is 2. The van der Waals surface area contributed by atoms with E-state index in [4.69, 9.17) is 27.9 Å². The third-order valence-electron chi connectivity index (χ3n) is 4.37. The van der Waals surface area contributed by atoms with Crippen molar-refractivity contribution in [1.82, 2.24) is 0 Å². The summed E-state index contributed by atoms with van der Waals surface area (Å²) < 4.78 is 5.94. The number of imide groups is 1. The van der Waals surface area contributed by atoms with Gasteiger partial charge in [0.05, 0.1) is 10.6 Å². The number of amides is 2. The average molecular weight is 456 g/mol. The molecule has 4 nitrogen and oxygen atoms in total. The van der Waals surface area contributed by atoms with E-state index in [9.17, 15) is 9.59 Å². The van der Waals surface area contributed by atoms with Crippen LogP contribution in [0.2, 0.25) is 10.0 Å². The van der Waals surface area contributed by atoms with Gasteiger partial charge in [0.15, 0.2) is 0 Å². The molecular weight excluding hydrogens is 441 g/mol. The normalized spacial score (nSPS) is 15.1. The first-order valence-corrected chi connectivity index (χ1v) is 10.6. The van der Waals surface area contributed by atoms with Crippen molar-refractivity contribution in [2.45, 2.75) is 6.61 Å². The van der Waals surface area contributed by atoms with E-state index < -0.39 is 0 Å². The molecule has 0 bridgehead atoms. The summed E-state index contributed by atoms with van der Waals surface area (Å²) >= 11 is 12.8. The zero-order chi connectivity index (χ0) is 21.1. The Labute approximate surface area is 188 Å². The summed E-state index contributed by atoms with van der Waals surface area (Å²) in [7, 11) is 0. The number of carbonyl (C=O) groups excluding carboxylic acids is 2. The summed E-state index contributed by atoms with van der Waals surface area (Å²) in [4.78, 5) is 26.8. The first kappa shape index (κ1) is 20.5. The number of rotatable bonds is 5. The van der Waals surface area contributed by atoms with Crippen LogP contribution in [0, 0.1) is 0 Å². The van der Waals surface area contributed by atoms with Crippen LogP contribution in [0.25, 0.3) is 6.08 Å². The molecule has 0 N–H and O–H groups in total. The summed E-state index contributed by atoms with van der Waals surface area (Å²) in [5.74, 6) is 0.224. The molecule has 1 aliphatic rings. The van der Waals surface area contributed by atoms with Crippen molar-refractivity contribution < 1.29 is 14.3 Å². The molecule has 1 heterocycles. The molecule has 7 heteroatoms. The molecule has 0 atom stereocenters. The quantitative estimate of drug-likeness (QED) is 0.396. The highest BCUT2D eigenvalue weighted by atomic mass is 35.5. The summed E-state index contributed by atoms with van der Waals surface area (Å²) in [5.41, 5.74) is 2.12. The van der Waals surface area contributed by atoms with Gasteiger partial charge in [0.2, 0.25) is 0 Å². The zero-order valence-electron chi connectivity index (χ0n) is 15.5. The van der Waals surface area contributed by atoms with Crippen LogP contribution in [0.5, 0.6) is 5.75 Å². The van der Waals surface area contributed by atoms with Crippen LogP contribution in [0.1, 0.15) is 11.1 Å². The lowest BCUT2D eigenvalue weighted by Gasteiger charge is -2.12. The first-order chi connectivity index (χ1) is 14.5. The number of thioether (sulfide) groups is 1. The smallest absolute Gasteiger partial charge is 0.298 e. The first-order valence-electron chi connectivity index (χ1n) is 9.01. The Morgan fingerprint density at radius 3 is 2.43 bits per heavy atom. The third kappa shape index (κ3) is 4.54. The molecule has 0 aromatic heterocycles. The maximum absolute atomic E-state index is 12.9. The molecule has 0 saturated carbocycles. The van der Waals surface area contributed by atoms with Crippen LogP contribution >= 0.6 is 35.0 Å². The second-order valence-electron chi connectivity index (χ2n) is 6.45. The fraction of sp³-hybridized carbons (Fsp3) is 0.0435. The van der Waals surface area contributed by atoms with Gasteiger partial charge in [0, 0.05) is 15.6 Å².